The van der Waals surface area contributed by atoms with Gasteiger partial charge in [-0.15, -0.1) is 0 Å². The van der Waals surface area contributed by atoms with Crippen LogP contribution >= 0.6 is 11.6 Å². The first-order valence-electron chi connectivity index (χ1n) is 9.37. The Morgan fingerprint density at radius 1 is 1.25 bits per heavy atom. The smallest absolute Gasteiger partial charge is 0.231 e. The molecule has 2 aromatic carbocycles. The summed E-state index contributed by atoms with van der Waals surface area (Å²) in [6.45, 7) is 2.50. The summed E-state index contributed by atoms with van der Waals surface area (Å²) in [5, 5.41) is 6.80. The van der Waals surface area contributed by atoms with Gasteiger partial charge in [-0.05, 0) is 35.4 Å². The van der Waals surface area contributed by atoms with Gasteiger partial charge in [-0.25, -0.2) is 0 Å². The maximum absolute atomic E-state index is 12.4. The van der Waals surface area contributed by atoms with Crippen LogP contribution in [0.4, 0.5) is 11.4 Å². The third-order valence-corrected chi connectivity index (χ3v) is 5.22. The van der Waals surface area contributed by atoms with E-state index in [0.29, 0.717) is 37.6 Å². The van der Waals surface area contributed by atoms with Crippen molar-refractivity contribution >= 4 is 34.8 Å². The van der Waals surface area contributed by atoms with E-state index in [2.05, 4.69) is 10.6 Å². The SMILES string of the molecule is O=C(CC1COCCN1)Nc1ccc(CN2C(=O)Cc3ccc(Cl)cc32)cc1. The van der Waals surface area contributed by atoms with Gasteiger partial charge in [0, 0.05) is 35.4 Å². The number of hydrogen-bond acceptors (Lipinski definition) is 4. The lowest BCUT2D eigenvalue weighted by molar-refractivity contribution is -0.118. The van der Waals surface area contributed by atoms with Crippen LogP contribution in [0.3, 0.4) is 0 Å². The van der Waals surface area contributed by atoms with E-state index in [4.69, 9.17) is 16.3 Å². The molecule has 1 unspecified atom stereocenters. The zero-order valence-corrected chi connectivity index (χ0v) is 16.2. The molecule has 0 radical (unpaired) electrons. The Bertz CT molecular complexity index is 879. The lowest BCUT2D eigenvalue weighted by Crippen LogP contribution is -2.43. The van der Waals surface area contributed by atoms with Gasteiger partial charge in [0.1, 0.15) is 0 Å². The van der Waals surface area contributed by atoms with E-state index in [0.717, 1.165) is 29.0 Å². The summed E-state index contributed by atoms with van der Waals surface area (Å²) in [7, 11) is 0. The topological polar surface area (TPSA) is 70.7 Å². The Morgan fingerprint density at radius 3 is 2.82 bits per heavy atom. The maximum Gasteiger partial charge on any atom is 0.231 e. The normalized spacial score (nSPS) is 18.8. The third-order valence-electron chi connectivity index (χ3n) is 4.99. The van der Waals surface area contributed by atoms with Crippen molar-refractivity contribution in [1.82, 2.24) is 5.32 Å². The minimum atomic E-state index is -0.0472. The quantitative estimate of drug-likeness (QED) is 0.811. The summed E-state index contributed by atoms with van der Waals surface area (Å²) in [5.74, 6) is 0.0193. The summed E-state index contributed by atoms with van der Waals surface area (Å²) in [4.78, 5) is 26.3. The number of fused-ring (bicyclic) bond motifs is 1. The minimum Gasteiger partial charge on any atom is -0.378 e. The number of benzene rings is 2. The molecule has 6 nitrogen and oxygen atoms in total. The Balaban J connectivity index is 1.37. The van der Waals surface area contributed by atoms with Crippen LogP contribution in [-0.4, -0.2) is 37.6 Å². The molecule has 2 heterocycles. The molecule has 2 aliphatic rings. The van der Waals surface area contributed by atoms with Crippen LogP contribution in [0.1, 0.15) is 17.5 Å². The number of morpholine rings is 1. The summed E-state index contributed by atoms with van der Waals surface area (Å²) >= 11 is 6.09. The third kappa shape index (κ3) is 4.35. The fourth-order valence-electron chi connectivity index (χ4n) is 3.57. The number of nitrogens with zero attached hydrogens (tertiary/aromatic N) is 1. The van der Waals surface area contributed by atoms with Crippen molar-refractivity contribution in [1.29, 1.82) is 0 Å². The second-order valence-corrected chi connectivity index (χ2v) is 7.54. The number of ether oxygens (including phenoxy) is 1. The summed E-state index contributed by atoms with van der Waals surface area (Å²) in [6.07, 6.45) is 0.779. The molecule has 0 aromatic heterocycles. The molecule has 7 heteroatoms. The van der Waals surface area contributed by atoms with Crippen molar-refractivity contribution < 1.29 is 14.3 Å². The van der Waals surface area contributed by atoms with Crippen molar-refractivity contribution in [2.45, 2.75) is 25.4 Å². The van der Waals surface area contributed by atoms with Gasteiger partial charge in [0.15, 0.2) is 0 Å². The zero-order valence-electron chi connectivity index (χ0n) is 15.4. The van der Waals surface area contributed by atoms with Crippen molar-refractivity contribution in [3.8, 4) is 0 Å². The summed E-state index contributed by atoms with van der Waals surface area (Å²) in [6, 6.07) is 13.2. The number of halogens is 1. The molecule has 4 rings (SSSR count). The largest absolute Gasteiger partial charge is 0.378 e. The molecule has 0 aliphatic carbocycles. The van der Waals surface area contributed by atoms with Crippen LogP contribution in [0.5, 0.6) is 0 Å². The first kappa shape index (κ1) is 18.9. The fourth-order valence-corrected chi connectivity index (χ4v) is 3.73. The highest BCUT2D eigenvalue weighted by molar-refractivity contribution is 6.31. The van der Waals surface area contributed by atoms with E-state index in [-0.39, 0.29) is 17.9 Å². The molecule has 146 valence electrons. The molecule has 2 N–H and O–H groups in total. The first-order chi connectivity index (χ1) is 13.6. The van der Waals surface area contributed by atoms with Crippen LogP contribution in [-0.2, 0) is 27.3 Å². The van der Waals surface area contributed by atoms with Gasteiger partial charge in [0.05, 0.1) is 26.2 Å². The van der Waals surface area contributed by atoms with Gasteiger partial charge in [-0.1, -0.05) is 29.8 Å². The number of nitrogens with one attached hydrogen (secondary N) is 2. The average molecular weight is 400 g/mol. The Hall–Kier alpha value is -2.41. The summed E-state index contributed by atoms with van der Waals surface area (Å²) < 4.78 is 5.37. The average Bonchev–Trinajstić information content (AvgIpc) is 2.99. The van der Waals surface area contributed by atoms with Crippen molar-refractivity contribution in [3.63, 3.8) is 0 Å². The second kappa shape index (κ2) is 8.31. The van der Waals surface area contributed by atoms with Crippen LogP contribution in [0.25, 0.3) is 0 Å². The van der Waals surface area contributed by atoms with Gasteiger partial charge in [0.2, 0.25) is 11.8 Å². The Kier molecular flexibility index (Phi) is 5.62. The van der Waals surface area contributed by atoms with Crippen molar-refractivity contribution in [2.24, 2.45) is 0 Å². The highest BCUT2D eigenvalue weighted by atomic mass is 35.5. The monoisotopic (exact) mass is 399 g/mol. The minimum absolute atomic E-state index is 0.0472. The second-order valence-electron chi connectivity index (χ2n) is 7.10. The number of hydrogen-bond donors (Lipinski definition) is 2. The molecular formula is C21H22ClN3O3. The Morgan fingerprint density at radius 2 is 2.07 bits per heavy atom. The van der Waals surface area contributed by atoms with Gasteiger partial charge in [-0.3, -0.25) is 9.59 Å². The maximum atomic E-state index is 12.4. The molecular weight excluding hydrogens is 378 g/mol. The number of anilines is 2. The Labute approximate surface area is 168 Å². The molecule has 2 aromatic rings. The lowest BCUT2D eigenvalue weighted by Gasteiger charge is -2.23. The first-order valence-corrected chi connectivity index (χ1v) is 9.75. The zero-order chi connectivity index (χ0) is 19.5. The van der Waals surface area contributed by atoms with Crippen LogP contribution in [0.15, 0.2) is 42.5 Å². The van der Waals surface area contributed by atoms with Crippen LogP contribution in [0, 0.1) is 0 Å². The molecule has 0 spiro atoms. The van der Waals surface area contributed by atoms with Gasteiger partial charge in [-0.2, -0.15) is 0 Å². The van der Waals surface area contributed by atoms with E-state index < -0.39 is 0 Å². The molecule has 1 saturated heterocycles. The predicted molar refractivity (Wildman–Crippen MR) is 109 cm³/mol. The standard InChI is InChI=1S/C21H22ClN3O3/c22-16-4-3-15-9-21(27)25(19(15)10-16)12-14-1-5-17(6-2-14)24-20(26)11-18-13-28-8-7-23-18/h1-6,10,18,23H,7-9,11-13H2,(H,24,26). The van der Waals surface area contributed by atoms with E-state index >= 15 is 0 Å². The van der Waals surface area contributed by atoms with E-state index in [1.807, 2.05) is 42.5 Å². The molecule has 28 heavy (non-hydrogen) atoms. The highest BCUT2D eigenvalue weighted by Gasteiger charge is 2.27. The molecule has 0 saturated carbocycles. The molecule has 2 amide bonds. The molecule has 2 aliphatic heterocycles. The van der Waals surface area contributed by atoms with Crippen LogP contribution < -0.4 is 15.5 Å². The summed E-state index contributed by atoms with van der Waals surface area (Å²) in [5.41, 5.74) is 3.60. The van der Waals surface area contributed by atoms with Gasteiger partial charge < -0.3 is 20.3 Å². The van der Waals surface area contributed by atoms with Gasteiger partial charge >= 0.3 is 0 Å². The lowest BCUT2D eigenvalue weighted by atomic mass is 10.1. The highest BCUT2D eigenvalue weighted by Crippen LogP contribution is 2.32. The number of carbonyl (C=O) groups excluding carboxylic acids is 2. The molecule has 1 atom stereocenters. The fraction of sp³-hybridized carbons (Fsp3) is 0.333. The van der Waals surface area contributed by atoms with Crippen molar-refractivity contribution in [2.75, 3.05) is 30.0 Å². The van der Waals surface area contributed by atoms with Gasteiger partial charge in [0.25, 0.3) is 0 Å². The molecule has 0 bridgehead atoms. The number of carbonyl (C=O) groups is 2. The van der Waals surface area contributed by atoms with E-state index in [1.165, 1.54) is 0 Å². The van der Waals surface area contributed by atoms with Crippen LogP contribution in [0.2, 0.25) is 5.02 Å². The van der Waals surface area contributed by atoms with Crippen molar-refractivity contribution in [3.05, 3.63) is 58.6 Å². The predicted octanol–water partition coefficient (Wildman–Crippen LogP) is 2.75. The number of rotatable bonds is 5. The molecule has 1 fully saturated rings. The number of amides is 2. The van der Waals surface area contributed by atoms with E-state index in [9.17, 15) is 9.59 Å². The van der Waals surface area contributed by atoms with E-state index in [1.54, 1.807) is 4.90 Å².